The fourth-order valence-electron chi connectivity index (χ4n) is 4.96. The number of amides is 1. The molecule has 0 spiro atoms. The van der Waals surface area contributed by atoms with Gasteiger partial charge in [-0.15, -0.1) is 0 Å². The average molecular weight is 621 g/mol. The highest BCUT2D eigenvalue weighted by molar-refractivity contribution is 6.23. The number of hydrogen-bond acceptors (Lipinski definition) is 5. The van der Waals surface area contributed by atoms with Gasteiger partial charge in [0.05, 0.1) is 42.1 Å². The third kappa shape index (κ3) is 6.41. The van der Waals surface area contributed by atoms with Crippen LogP contribution in [0.25, 0.3) is 16.7 Å². The van der Waals surface area contributed by atoms with Gasteiger partial charge < -0.3 is 20.0 Å². The van der Waals surface area contributed by atoms with Crippen LogP contribution in [-0.4, -0.2) is 47.5 Å². The van der Waals surface area contributed by atoms with Crippen molar-refractivity contribution in [2.75, 3.05) is 13.7 Å². The number of nitrogens with zero attached hydrogens (tertiary/aromatic N) is 1. The summed E-state index contributed by atoms with van der Waals surface area (Å²) in [5.74, 6) is -0.746. The summed E-state index contributed by atoms with van der Waals surface area (Å²) in [6.07, 6.45) is -12.7. The third-order valence-corrected chi connectivity index (χ3v) is 7.33. The monoisotopic (exact) mass is 620 g/mol. The Morgan fingerprint density at radius 1 is 1.02 bits per heavy atom. The van der Waals surface area contributed by atoms with Gasteiger partial charge in [-0.2, -0.15) is 26.3 Å². The van der Waals surface area contributed by atoms with Crippen LogP contribution in [0.3, 0.4) is 0 Å². The Morgan fingerprint density at radius 3 is 2.16 bits per heavy atom. The van der Waals surface area contributed by atoms with E-state index in [0.29, 0.717) is 40.1 Å². The maximum Gasteiger partial charge on any atom is 0.416 e. The van der Waals surface area contributed by atoms with Crippen molar-refractivity contribution in [3.05, 3.63) is 94.6 Å². The second-order valence-electron chi connectivity index (χ2n) is 10.2. The van der Waals surface area contributed by atoms with Crippen molar-refractivity contribution in [1.29, 1.82) is 5.41 Å². The molecule has 0 bridgehead atoms. The summed E-state index contributed by atoms with van der Waals surface area (Å²) in [6, 6.07) is 9.61. The summed E-state index contributed by atoms with van der Waals surface area (Å²) in [6.45, 7) is 6.68. The zero-order valence-corrected chi connectivity index (χ0v) is 23.6. The van der Waals surface area contributed by atoms with Gasteiger partial charge in [-0.25, -0.2) is 9.59 Å². The molecule has 1 aliphatic heterocycles. The highest BCUT2D eigenvalue weighted by Gasteiger charge is 2.43. The van der Waals surface area contributed by atoms with Gasteiger partial charge in [-0.1, -0.05) is 18.7 Å². The molecule has 1 heterocycles. The molecular formula is C31H26F6N2O5. The Kier molecular flexibility index (Phi) is 8.54. The Bertz CT molecular complexity index is 1630. The molecule has 13 heteroatoms. The third-order valence-electron chi connectivity index (χ3n) is 7.33. The van der Waals surface area contributed by atoms with E-state index in [9.17, 15) is 41.0 Å². The predicted octanol–water partition coefficient (Wildman–Crippen LogP) is 8.02. The predicted molar refractivity (Wildman–Crippen MR) is 149 cm³/mol. The number of halogens is 6. The van der Waals surface area contributed by atoms with Crippen LogP contribution in [0.2, 0.25) is 0 Å². The number of aromatic carboxylic acids is 1. The van der Waals surface area contributed by atoms with Crippen LogP contribution in [0.5, 0.6) is 5.75 Å². The van der Waals surface area contributed by atoms with E-state index in [2.05, 4.69) is 6.58 Å². The number of rotatable bonds is 8. The molecule has 0 saturated carbocycles. The molecule has 1 fully saturated rings. The lowest BCUT2D eigenvalue weighted by atomic mass is 9.93. The summed E-state index contributed by atoms with van der Waals surface area (Å²) in [4.78, 5) is 25.1. The van der Waals surface area contributed by atoms with Crippen LogP contribution in [0.1, 0.15) is 51.2 Å². The molecule has 1 aliphatic rings. The Morgan fingerprint density at radius 2 is 1.64 bits per heavy atom. The molecule has 0 aromatic heterocycles. The number of carbonyl (C=O) groups is 2. The Hall–Kier alpha value is -4.81. The minimum Gasteiger partial charge on any atom is -0.496 e. The van der Waals surface area contributed by atoms with E-state index in [0.717, 1.165) is 4.90 Å². The molecule has 0 unspecified atom stereocenters. The second kappa shape index (κ2) is 11.7. The van der Waals surface area contributed by atoms with Crippen molar-refractivity contribution in [3.8, 4) is 16.9 Å². The average Bonchev–Trinajstić information content (AvgIpc) is 3.23. The van der Waals surface area contributed by atoms with E-state index >= 15 is 0 Å². The van der Waals surface area contributed by atoms with Crippen molar-refractivity contribution in [3.63, 3.8) is 0 Å². The van der Waals surface area contributed by atoms with Crippen molar-refractivity contribution < 1.29 is 50.5 Å². The lowest BCUT2D eigenvalue weighted by Crippen LogP contribution is -2.36. The lowest BCUT2D eigenvalue weighted by Gasteiger charge is -2.23. The van der Waals surface area contributed by atoms with Crippen molar-refractivity contribution in [2.45, 2.75) is 38.3 Å². The Balaban J connectivity index is 1.61. The van der Waals surface area contributed by atoms with Gasteiger partial charge in [-0.3, -0.25) is 4.90 Å². The lowest BCUT2D eigenvalue weighted by molar-refractivity contribution is -0.143. The first-order valence-corrected chi connectivity index (χ1v) is 13.0. The van der Waals surface area contributed by atoms with Crippen LogP contribution in [-0.2, 0) is 17.1 Å². The molecule has 1 amide bonds. The van der Waals surface area contributed by atoms with Gasteiger partial charge in [0.15, 0.2) is 0 Å². The van der Waals surface area contributed by atoms with E-state index in [1.165, 1.54) is 26.2 Å². The number of aryl methyl sites for hydroxylation is 1. The quantitative estimate of drug-likeness (QED) is 0.196. The molecule has 0 radical (unpaired) electrons. The number of hydrogen-bond donors (Lipinski definition) is 2. The van der Waals surface area contributed by atoms with E-state index < -0.39 is 59.8 Å². The molecule has 232 valence electrons. The molecule has 2 atom stereocenters. The first-order valence-electron chi connectivity index (χ1n) is 13.0. The molecule has 4 rings (SSSR count). The number of ether oxygens (including phenoxy) is 2. The standard InChI is InChI=1S/C31H26F6N2O5/c1-15-9-19(28(40)41)5-7-23(15)18-6-8-26(43-4)24(12-18)16(2)25(38)14-39-17(3)27(44-29(39)42)20-10-21(30(32,33)34)13-22(11-20)31(35,36)37/h5-13,17,27,38H,2,14H2,1,3-4H3,(H,40,41)/t17-,27-/m0/s1. The van der Waals surface area contributed by atoms with E-state index in [1.807, 2.05) is 0 Å². The molecule has 0 aliphatic carbocycles. The Labute approximate surface area is 247 Å². The minimum absolute atomic E-state index is 0.00804. The fourth-order valence-corrected chi connectivity index (χ4v) is 4.96. The number of nitrogens with one attached hydrogen (secondary N) is 1. The van der Waals surface area contributed by atoms with Gasteiger partial charge in [0, 0.05) is 11.1 Å². The molecule has 1 saturated heterocycles. The number of benzene rings is 3. The summed E-state index contributed by atoms with van der Waals surface area (Å²) in [5, 5.41) is 17.9. The summed E-state index contributed by atoms with van der Waals surface area (Å²) in [7, 11) is 1.40. The maximum absolute atomic E-state index is 13.4. The van der Waals surface area contributed by atoms with Crippen LogP contribution in [0, 0.1) is 12.3 Å². The highest BCUT2D eigenvalue weighted by atomic mass is 19.4. The molecule has 44 heavy (non-hydrogen) atoms. The van der Waals surface area contributed by atoms with Crippen LogP contribution in [0.15, 0.2) is 61.2 Å². The fraction of sp³-hybridized carbons (Fsp3) is 0.258. The van der Waals surface area contributed by atoms with E-state index in [-0.39, 0.29) is 22.9 Å². The van der Waals surface area contributed by atoms with Crippen molar-refractivity contribution in [1.82, 2.24) is 4.90 Å². The SMILES string of the molecule is C=C(C(=N)CN1C(=O)O[C@H](c2cc(C(F)(F)F)cc(C(F)(F)F)c2)[C@@H]1C)c1cc(-c2ccc(C(=O)O)cc2C)ccc1OC. The number of carbonyl (C=O) groups excluding carboxylic acids is 1. The maximum atomic E-state index is 13.4. The smallest absolute Gasteiger partial charge is 0.416 e. The van der Waals surface area contributed by atoms with Gasteiger partial charge >= 0.3 is 24.4 Å². The van der Waals surface area contributed by atoms with Crippen molar-refractivity contribution in [2.24, 2.45) is 0 Å². The molecule has 3 aromatic carbocycles. The number of alkyl halides is 6. The van der Waals surface area contributed by atoms with Gasteiger partial charge in [0.1, 0.15) is 11.9 Å². The molecular weight excluding hydrogens is 594 g/mol. The van der Waals surface area contributed by atoms with Gasteiger partial charge in [-0.05, 0) is 78.6 Å². The largest absolute Gasteiger partial charge is 0.496 e. The summed E-state index contributed by atoms with van der Waals surface area (Å²) >= 11 is 0. The zero-order valence-electron chi connectivity index (χ0n) is 23.6. The number of cyclic esters (lactones) is 1. The van der Waals surface area contributed by atoms with Gasteiger partial charge in [0.2, 0.25) is 0 Å². The highest BCUT2D eigenvalue weighted by Crippen LogP contribution is 2.41. The minimum atomic E-state index is -5.08. The molecule has 3 aromatic rings. The molecule has 2 N–H and O–H groups in total. The normalized spacial score (nSPS) is 16.9. The second-order valence-corrected chi connectivity index (χ2v) is 10.2. The number of carboxylic acids is 1. The van der Waals surface area contributed by atoms with Crippen LogP contribution in [0.4, 0.5) is 31.1 Å². The first kappa shape index (κ1) is 32.1. The molecule has 7 nitrogen and oxygen atoms in total. The zero-order chi connectivity index (χ0) is 32.7. The topological polar surface area (TPSA) is 99.9 Å². The first-order chi connectivity index (χ1) is 20.4. The summed E-state index contributed by atoms with van der Waals surface area (Å²) < 4.78 is 91.1. The summed E-state index contributed by atoms with van der Waals surface area (Å²) in [5.41, 5.74) is -1.11. The van der Waals surface area contributed by atoms with Crippen molar-refractivity contribution >= 4 is 23.3 Å². The van der Waals surface area contributed by atoms with Crippen LogP contribution < -0.4 is 4.74 Å². The number of methoxy groups -OCH3 is 1. The van der Waals surface area contributed by atoms with Crippen LogP contribution >= 0.6 is 0 Å². The van der Waals surface area contributed by atoms with Gasteiger partial charge in [0.25, 0.3) is 0 Å². The van der Waals surface area contributed by atoms with E-state index in [4.69, 9.17) is 14.9 Å². The number of carboxylic acid groups (broad SMARTS) is 1. The van der Waals surface area contributed by atoms with E-state index in [1.54, 1.807) is 31.2 Å².